The number of pyridine rings is 1. The zero-order valence-corrected chi connectivity index (χ0v) is 15.4. The van der Waals surface area contributed by atoms with Gasteiger partial charge in [0.05, 0.1) is 20.3 Å². The van der Waals surface area contributed by atoms with Crippen molar-refractivity contribution in [3.63, 3.8) is 0 Å². The summed E-state index contributed by atoms with van der Waals surface area (Å²) in [6.07, 6.45) is 1.72. The zero-order chi connectivity index (χ0) is 14.8. The molecular formula is C14H25IN4O2. The lowest BCUT2D eigenvalue weighted by molar-refractivity contribution is 0.179. The van der Waals surface area contributed by atoms with Gasteiger partial charge in [0, 0.05) is 32.0 Å². The Hall–Kier alpha value is -1.09. The van der Waals surface area contributed by atoms with Crippen molar-refractivity contribution in [3.8, 4) is 5.88 Å². The average molecular weight is 408 g/mol. The van der Waals surface area contributed by atoms with Crippen LogP contribution in [0.25, 0.3) is 0 Å². The molecule has 21 heavy (non-hydrogen) atoms. The highest BCUT2D eigenvalue weighted by Crippen LogP contribution is 2.09. The van der Waals surface area contributed by atoms with E-state index in [1.165, 1.54) is 0 Å². The Kier molecular flexibility index (Phi) is 11.0. The van der Waals surface area contributed by atoms with E-state index in [0.717, 1.165) is 18.1 Å². The molecule has 0 fully saturated rings. The van der Waals surface area contributed by atoms with Crippen LogP contribution in [0.4, 0.5) is 0 Å². The molecule has 1 atom stereocenters. The first kappa shape index (κ1) is 19.9. The van der Waals surface area contributed by atoms with Crippen molar-refractivity contribution in [3.05, 3.63) is 23.9 Å². The first-order chi connectivity index (χ1) is 9.69. The van der Waals surface area contributed by atoms with Gasteiger partial charge in [0.15, 0.2) is 5.96 Å². The SMILES string of the molecule is CCNC(=NCc1ccnc(OC)c1)NC(C)COC.I. The lowest BCUT2D eigenvalue weighted by atomic mass is 10.3. The van der Waals surface area contributed by atoms with Crippen molar-refractivity contribution in [2.24, 2.45) is 4.99 Å². The molecule has 1 aromatic rings. The minimum Gasteiger partial charge on any atom is -0.481 e. The van der Waals surface area contributed by atoms with Crippen LogP contribution < -0.4 is 15.4 Å². The van der Waals surface area contributed by atoms with Gasteiger partial charge in [-0.15, -0.1) is 24.0 Å². The van der Waals surface area contributed by atoms with Gasteiger partial charge in [-0.2, -0.15) is 0 Å². The summed E-state index contributed by atoms with van der Waals surface area (Å²) in [5.74, 6) is 1.37. The number of methoxy groups -OCH3 is 2. The van der Waals surface area contributed by atoms with Gasteiger partial charge < -0.3 is 20.1 Å². The Morgan fingerprint density at radius 1 is 1.43 bits per heavy atom. The van der Waals surface area contributed by atoms with Crippen LogP contribution in [0.15, 0.2) is 23.3 Å². The van der Waals surface area contributed by atoms with Crippen LogP contribution in [0.3, 0.4) is 0 Å². The first-order valence-electron chi connectivity index (χ1n) is 6.72. The standard InChI is InChI=1S/C14H24N4O2.HI/c1-5-15-14(18-11(2)10-19-3)17-9-12-6-7-16-13(8-12)20-4;/h6-8,11H,5,9-10H2,1-4H3,(H2,15,17,18);1H. The molecule has 0 aliphatic heterocycles. The lowest BCUT2D eigenvalue weighted by Crippen LogP contribution is -2.43. The molecular weight excluding hydrogens is 383 g/mol. The molecule has 6 nitrogen and oxygen atoms in total. The van der Waals surface area contributed by atoms with Gasteiger partial charge in [-0.3, -0.25) is 0 Å². The monoisotopic (exact) mass is 408 g/mol. The van der Waals surface area contributed by atoms with E-state index in [-0.39, 0.29) is 30.0 Å². The van der Waals surface area contributed by atoms with Gasteiger partial charge in [0.25, 0.3) is 0 Å². The van der Waals surface area contributed by atoms with Gasteiger partial charge in [0.2, 0.25) is 5.88 Å². The molecule has 0 radical (unpaired) electrons. The van der Waals surface area contributed by atoms with Crippen LogP contribution in [0.5, 0.6) is 5.88 Å². The van der Waals surface area contributed by atoms with Gasteiger partial charge >= 0.3 is 0 Å². The number of aromatic nitrogens is 1. The Morgan fingerprint density at radius 3 is 2.81 bits per heavy atom. The highest BCUT2D eigenvalue weighted by atomic mass is 127. The van der Waals surface area contributed by atoms with Gasteiger partial charge in [0.1, 0.15) is 0 Å². The summed E-state index contributed by atoms with van der Waals surface area (Å²) in [6, 6.07) is 4.00. The van der Waals surface area contributed by atoms with E-state index >= 15 is 0 Å². The molecule has 7 heteroatoms. The fourth-order valence-electron chi connectivity index (χ4n) is 1.68. The Labute approximate surface area is 143 Å². The highest BCUT2D eigenvalue weighted by Gasteiger charge is 2.04. The van der Waals surface area contributed by atoms with E-state index in [1.807, 2.05) is 26.0 Å². The summed E-state index contributed by atoms with van der Waals surface area (Å²) in [6.45, 7) is 6.09. The molecule has 1 unspecified atom stereocenters. The van der Waals surface area contributed by atoms with Crippen molar-refractivity contribution >= 4 is 29.9 Å². The van der Waals surface area contributed by atoms with Crippen LogP contribution in [0.1, 0.15) is 19.4 Å². The molecule has 0 aliphatic carbocycles. The van der Waals surface area contributed by atoms with Gasteiger partial charge in [-0.1, -0.05) is 0 Å². The number of nitrogens with zero attached hydrogens (tertiary/aromatic N) is 2. The summed E-state index contributed by atoms with van der Waals surface area (Å²) in [5, 5.41) is 6.49. The van der Waals surface area contributed by atoms with Crippen molar-refractivity contribution in [2.45, 2.75) is 26.4 Å². The molecule has 0 saturated heterocycles. The maximum absolute atomic E-state index is 5.11. The summed E-state index contributed by atoms with van der Waals surface area (Å²) >= 11 is 0. The second-order valence-corrected chi connectivity index (χ2v) is 4.40. The number of aliphatic imine (C=N–C) groups is 1. The van der Waals surface area contributed by atoms with Gasteiger partial charge in [-0.05, 0) is 25.5 Å². The van der Waals surface area contributed by atoms with E-state index in [1.54, 1.807) is 20.4 Å². The Morgan fingerprint density at radius 2 is 2.19 bits per heavy atom. The molecule has 2 N–H and O–H groups in total. The minimum atomic E-state index is 0. The van der Waals surface area contributed by atoms with Crippen molar-refractivity contribution in [1.29, 1.82) is 0 Å². The molecule has 0 saturated carbocycles. The predicted octanol–water partition coefficient (Wildman–Crippen LogP) is 1.80. The average Bonchev–Trinajstić information content (AvgIpc) is 2.45. The molecule has 1 aromatic heterocycles. The largest absolute Gasteiger partial charge is 0.481 e. The van der Waals surface area contributed by atoms with E-state index in [0.29, 0.717) is 19.0 Å². The predicted molar refractivity (Wildman–Crippen MR) is 95.5 cm³/mol. The fourth-order valence-corrected chi connectivity index (χ4v) is 1.68. The molecule has 120 valence electrons. The number of ether oxygens (including phenoxy) is 2. The smallest absolute Gasteiger partial charge is 0.213 e. The fraction of sp³-hybridized carbons (Fsp3) is 0.571. The number of hydrogen-bond donors (Lipinski definition) is 2. The minimum absolute atomic E-state index is 0. The Bertz CT molecular complexity index is 429. The van der Waals surface area contributed by atoms with Crippen LogP contribution in [0, 0.1) is 0 Å². The van der Waals surface area contributed by atoms with Crippen LogP contribution >= 0.6 is 24.0 Å². The summed E-state index contributed by atoms with van der Waals surface area (Å²) in [7, 11) is 3.29. The van der Waals surface area contributed by atoms with Crippen molar-refractivity contribution in [2.75, 3.05) is 27.4 Å². The molecule has 0 spiro atoms. The highest BCUT2D eigenvalue weighted by molar-refractivity contribution is 14.0. The maximum atomic E-state index is 5.11. The third kappa shape index (κ3) is 8.05. The summed E-state index contributed by atoms with van der Waals surface area (Å²) < 4.78 is 10.2. The Balaban J connectivity index is 0.00000400. The third-order valence-electron chi connectivity index (χ3n) is 2.57. The molecule has 1 rings (SSSR count). The normalized spacial score (nSPS) is 12.3. The molecule has 0 amide bonds. The number of nitrogens with one attached hydrogen (secondary N) is 2. The van der Waals surface area contributed by atoms with E-state index in [4.69, 9.17) is 9.47 Å². The quantitative estimate of drug-likeness (QED) is 0.409. The second-order valence-electron chi connectivity index (χ2n) is 4.40. The maximum Gasteiger partial charge on any atom is 0.213 e. The summed E-state index contributed by atoms with van der Waals surface area (Å²) in [5.41, 5.74) is 1.05. The van der Waals surface area contributed by atoms with E-state index in [2.05, 4.69) is 20.6 Å². The van der Waals surface area contributed by atoms with Gasteiger partial charge in [-0.25, -0.2) is 9.98 Å². The van der Waals surface area contributed by atoms with Crippen molar-refractivity contribution in [1.82, 2.24) is 15.6 Å². The third-order valence-corrected chi connectivity index (χ3v) is 2.57. The molecule has 0 bridgehead atoms. The van der Waals surface area contributed by atoms with E-state index in [9.17, 15) is 0 Å². The summed E-state index contributed by atoms with van der Waals surface area (Å²) in [4.78, 5) is 8.61. The zero-order valence-electron chi connectivity index (χ0n) is 13.0. The topological polar surface area (TPSA) is 67.8 Å². The lowest BCUT2D eigenvalue weighted by Gasteiger charge is -2.17. The van der Waals surface area contributed by atoms with Crippen LogP contribution in [0.2, 0.25) is 0 Å². The molecule has 0 aliphatic rings. The van der Waals surface area contributed by atoms with Crippen molar-refractivity contribution < 1.29 is 9.47 Å². The number of hydrogen-bond acceptors (Lipinski definition) is 4. The van der Waals surface area contributed by atoms with Crippen LogP contribution in [-0.4, -0.2) is 44.4 Å². The number of halogens is 1. The molecule has 1 heterocycles. The number of rotatable bonds is 7. The van der Waals surface area contributed by atoms with E-state index < -0.39 is 0 Å². The second kappa shape index (κ2) is 11.6. The van der Waals surface area contributed by atoms with Crippen LogP contribution in [-0.2, 0) is 11.3 Å². The molecule has 0 aromatic carbocycles. The first-order valence-corrected chi connectivity index (χ1v) is 6.72. The number of guanidine groups is 1.